The van der Waals surface area contributed by atoms with Crippen molar-refractivity contribution in [2.45, 2.75) is 52.2 Å². The lowest BCUT2D eigenvalue weighted by atomic mass is 9.85. The third kappa shape index (κ3) is 3.26. The van der Waals surface area contributed by atoms with Crippen LogP contribution in [-0.2, 0) is 10.2 Å². The molecule has 176 valence electrons. The van der Waals surface area contributed by atoms with Gasteiger partial charge in [-0.15, -0.1) is 0 Å². The van der Waals surface area contributed by atoms with E-state index in [1.807, 2.05) is 37.5 Å². The number of rotatable bonds is 3. The molecule has 7 nitrogen and oxygen atoms in total. The van der Waals surface area contributed by atoms with Crippen LogP contribution in [0.2, 0.25) is 0 Å². The Labute approximate surface area is 203 Å². The molecule has 7 heteroatoms. The number of benzene rings is 1. The first-order valence-electron chi connectivity index (χ1n) is 11.7. The summed E-state index contributed by atoms with van der Waals surface area (Å²) in [5, 5.41) is 11.2. The van der Waals surface area contributed by atoms with Crippen molar-refractivity contribution < 1.29 is 14.6 Å². The first-order chi connectivity index (χ1) is 16.7. The molecule has 2 atom stereocenters. The molecule has 6 rings (SSSR count). The summed E-state index contributed by atoms with van der Waals surface area (Å²) in [6.45, 7) is 10.2. The van der Waals surface area contributed by atoms with Crippen LogP contribution in [0.3, 0.4) is 0 Å². The molecule has 0 saturated carbocycles. The van der Waals surface area contributed by atoms with Crippen LogP contribution in [0, 0.1) is 20.8 Å². The van der Waals surface area contributed by atoms with Crippen molar-refractivity contribution in [3.63, 3.8) is 0 Å². The van der Waals surface area contributed by atoms with E-state index in [-0.39, 0.29) is 23.3 Å². The minimum absolute atomic E-state index is 0.0509. The first kappa shape index (κ1) is 21.5. The summed E-state index contributed by atoms with van der Waals surface area (Å²) in [4.78, 5) is 18.0. The molecule has 1 aliphatic heterocycles. The number of aromatic hydroxyl groups is 1. The minimum Gasteiger partial charge on any atom is -0.504 e. The van der Waals surface area contributed by atoms with Gasteiger partial charge >= 0.3 is 0 Å². The Hall–Kier alpha value is -4.00. The van der Waals surface area contributed by atoms with Gasteiger partial charge in [-0.25, -0.2) is 9.98 Å². The van der Waals surface area contributed by atoms with Crippen LogP contribution in [0.25, 0.3) is 10.9 Å². The quantitative estimate of drug-likeness (QED) is 0.421. The maximum absolute atomic E-state index is 10.4. The van der Waals surface area contributed by atoms with Crippen LogP contribution >= 0.6 is 0 Å². The van der Waals surface area contributed by atoms with E-state index < -0.39 is 0 Å². The van der Waals surface area contributed by atoms with Crippen LogP contribution in [0.5, 0.6) is 17.4 Å². The van der Waals surface area contributed by atoms with E-state index in [1.54, 1.807) is 19.2 Å². The van der Waals surface area contributed by atoms with Gasteiger partial charge in [-0.1, -0.05) is 19.9 Å². The fourth-order valence-electron chi connectivity index (χ4n) is 5.16. The molecule has 1 N–H and O–H groups in total. The van der Waals surface area contributed by atoms with E-state index in [4.69, 9.17) is 14.5 Å². The number of aliphatic imine (C=N–C) groups is 1. The average Bonchev–Trinajstić information content (AvgIpc) is 3.37. The SMILES string of the molecule is Cc1cc(C)c(C2=N[C@H]3c4ccncc4C(C)(C)[C@H]3O2)cc1Oc1ccc2cnc(C)c(O)c2n1. The summed E-state index contributed by atoms with van der Waals surface area (Å²) in [5.41, 5.74) is 6.10. The van der Waals surface area contributed by atoms with Gasteiger partial charge in [0, 0.05) is 41.0 Å². The molecule has 1 aliphatic carbocycles. The number of nitrogens with zero attached hydrogens (tertiary/aromatic N) is 4. The molecule has 4 heterocycles. The Morgan fingerprint density at radius 2 is 1.86 bits per heavy atom. The highest BCUT2D eigenvalue weighted by atomic mass is 16.5. The minimum atomic E-state index is -0.193. The van der Waals surface area contributed by atoms with Crippen molar-refractivity contribution in [1.29, 1.82) is 0 Å². The van der Waals surface area contributed by atoms with E-state index >= 15 is 0 Å². The zero-order valence-corrected chi connectivity index (χ0v) is 20.3. The van der Waals surface area contributed by atoms with Gasteiger partial charge in [0.1, 0.15) is 23.4 Å². The van der Waals surface area contributed by atoms with Gasteiger partial charge in [0.25, 0.3) is 0 Å². The van der Waals surface area contributed by atoms with Crippen LogP contribution in [0.4, 0.5) is 0 Å². The highest BCUT2D eigenvalue weighted by Gasteiger charge is 2.52. The lowest BCUT2D eigenvalue weighted by Crippen LogP contribution is -2.32. The molecule has 0 bridgehead atoms. The molecular weight excluding hydrogens is 440 g/mol. The van der Waals surface area contributed by atoms with E-state index in [0.29, 0.717) is 28.7 Å². The molecule has 0 unspecified atom stereocenters. The highest BCUT2D eigenvalue weighted by Crippen LogP contribution is 2.51. The van der Waals surface area contributed by atoms with E-state index in [1.165, 1.54) is 11.1 Å². The predicted molar refractivity (Wildman–Crippen MR) is 133 cm³/mol. The molecule has 0 amide bonds. The van der Waals surface area contributed by atoms with E-state index in [9.17, 15) is 5.11 Å². The smallest absolute Gasteiger partial charge is 0.219 e. The van der Waals surface area contributed by atoms with Crippen molar-refractivity contribution in [2.75, 3.05) is 0 Å². The molecule has 0 fully saturated rings. The van der Waals surface area contributed by atoms with Crippen molar-refractivity contribution in [2.24, 2.45) is 4.99 Å². The van der Waals surface area contributed by atoms with Crippen molar-refractivity contribution >= 4 is 16.8 Å². The van der Waals surface area contributed by atoms with Crippen LogP contribution in [-0.4, -0.2) is 32.1 Å². The zero-order chi connectivity index (χ0) is 24.5. The van der Waals surface area contributed by atoms with E-state index in [2.05, 4.69) is 41.8 Å². The van der Waals surface area contributed by atoms with Crippen LogP contribution in [0.1, 0.15) is 53.4 Å². The zero-order valence-electron chi connectivity index (χ0n) is 20.3. The van der Waals surface area contributed by atoms with Gasteiger partial charge in [0.2, 0.25) is 11.8 Å². The summed E-state index contributed by atoms with van der Waals surface area (Å²) in [6.07, 6.45) is 5.36. The fraction of sp³-hybridized carbons (Fsp3) is 0.286. The average molecular weight is 467 g/mol. The second kappa shape index (κ2) is 7.50. The summed E-state index contributed by atoms with van der Waals surface area (Å²) in [7, 11) is 0. The normalized spacial score (nSPS) is 19.7. The van der Waals surface area contributed by atoms with Crippen LogP contribution in [0.15, 0.2) is 53.9 Å². The third-order valence-electron chi connectivity index (χ3n) is 7.19. The van der Waals surface area contributed by atoms with Gasteiger partial charge in [0.15, 0.2) is 5.75 Å². The second-order valence-corrected chi connectivity index (χ2v) is 9.92. The van der Waals surface area contributed by atoms with Gasteiger partial charge in [-0.2, -0.15) is 0 Å². The number of hydrogen-bond acceptors (Lipinski definition) is 7. The Morgan fingerprint density at radius 3 is 2.69 bits per heavy atom. The van der Waals surface area contributed by atoms with Gasteiger partial charge < -0.3 is 14.6 Å². The maximum atomic E-state index is 10.4. The van der Waals surface area contributed by atoms with Gasteiger partial charge in [-0.05, 0) is 61.2 Å². The fourth-order valence-corrected chi connectivity index (χ4v) is 5.16. The highest BCUT2D eigenvalue weighted by molar-refractivity contribution is 5.98. The predicted octanol–water partition coefficient (Wildman–Crippen LogP) is 5.63. The molecule has 0 radical (unpaired) electrons. The summed E-state index contributed by atoms with van der Waals surface area (Å²) >= 11 is 0. The number of pyridine rings is 3. The number of aryl methyl sites for hydroxylation is 3. The number of hydrogen-bond donors (Lipinski definition) is 1. The Morgan fingerprint density at radius 1 is 1.03 bits per heavy atom. The number of ether oxygens (including phenoxy) is 2. The summed E-state index contributed by atoms with van der Waals surface area (Å²) < 4.78 is 12.7. The molecule has 4 aromatic rings. The number of fused-ring (bicyclic) bond motifs is 4. The number of aromatic nitrogens is 3. The van der Waals surface area contributed by atoms with Crippen molar-refractivity contribution in [1.82, 2.24) is 15.0 Å². The standard InChI is InChI=1S/C28H26N4O3/c1-14-10-15(2)21(34-22-7-6-17-12-30-16(3)25(33)23(17)31-22)11-19(14)27-32-24-18-8-9-29-13-20(18)28(4,5)26(24)35-27/h6-13,24,26,33H,1-5H3/t24-,26-/m0/s1. The second-order valence-electron chi connectivity index (χ2n) is 9.92. The van der Waals surface area contributed by atoms with E-state index in [0.717, 1.165) is 22.1 Å². The molecule has 0 spiro atoms. The van der Waals surface area contributed by atoms with Crippen molar-refractivity contribution in [3.05, 3.63) is 82.4 Å². The Kier molecular flexibility index (Phi) is 4.61. The van der Waals surface area contributed by atoms with Crippen molar-refractivity contribution in [3.8, 4) is 17.4 Å². The van der Waals surface area contributed by atoms with Crippen LogP contribution < -0.4 is 4.74 Å². The lowest BCUT2D eigenvalue weighted by Gasteiger charge is -2.26. The summed E-state index contributed by atoms with van der Waals surface area (Å²) in [5.74, 6) is 1.75. The monoisotopic (exact) mass is 466 g/mol. The molecule has 0 saturated heterocycles. The van der Waals surface area contributed by atoms with Gasteiger partial charge in [0.05, 0.1) is 5.69 Å². The maximum Gasteiger partial charge on any atom is 0.219 e. The Bertz CT molecular complexity index is 1540. The molecule has 1 aromatic carbocycles. The summed E-state index contributed by atoms with van der Waals surface area (Å²) in [6, 6.07) is 9.65. The third-order valence-corrected chi connectivity index (χ3v) is 7.19. The first-order valence-corrected chi connectivity index (χ1v) is 11.7. The largest absolute Gasteiger partial charge is 0.504 e. The lowest BCUT2D eigenvalue weighted by molar-refractivity contribution is 0.132. The molecule has 3 aromatic heterocycles. The molecule has 2 aliphatic rings. The molecular formula is C28H26N4O3. The molecule has 35 heavy (non-hydrogen) atoms. The van der Waals surface area contributed by atoms with Gasteiger partial charge in [-0.3, -0.25) is 9.97 Å². The topological polar surface area (TPSA) is 89.7 Å². The Balaban J connectivity index is 1.37.